The molecule has 5 nitrogen and oxygen atoms in total. The molecule has 3 heterocycles. The van der Waals surface area contributed by atoms with E-state index in [1.807, 2.05) is 28.9 Å². The maximum atomic E-state index is 12.1. The Bertz CT molecular complexity index is 586. The lowest BCUT2D eigenvalue weighted by Crippen LogP contribution is -2.33. The number of carbonyl (C=O) groups is 1. The van der Waals surface area contributed by atoms with E-state index < -0.39 is 0 Å². The molecule has 1 fully saturated rings. The Hall–Kier alpha value is -1.88. The van der Waals surface area contributed by atoms with Gasteiger partial charge in [0.2, 0.25) is 0 Å². The van der Waals surface area contributed by atoms with Crippen LogP contribution < -0.4 is 10.6 Å². The number of nitrogens with zero attached hydrogens (tertiary/aromatic N) is 2. The number of hydrogen-bond donors (Lipinski definition) is 2. The van der Waals surface area contributed by atoms with Crippen LogP contribution in [0.5, 0.6) is 0 Å². The van der Waals surface area contributed by atoms with Crippen molar-refractivity contribution in [2.75, 3.05) is 19.6 Å². The highest BCUT2D eigenvalue weighted by molar-refractivity contribution is 5.94. The molecule has 1 aliphatic rings. The molecular formula is C15H20N4O. The van der Waals surface area contributed by atoms with Crippen molar-refractivity contribution in [2.45, 2.75) is 19.3 Å². The minimum atomic E-state index is -0.00984. The number of pyridine rings is 1. The fraction of sp³-hybridized carbons (Fsp3) is 0.467. The summed E-state index contributed by atoms with van der Waals surface area (Å²) in [7, 11) is 0. The van der Waals surface area contributed by atoms with Crippen LogP contribution in [-0.2, 0) is 0 Å². The number of rotatable bonds is 4. The molecule has 1 aliphatic heterocycles. The molecule has 0 unspecified atom stereocenters. The predicted molar refractivity (Wildman–Crippen MR) is 77.7 cm³/mol. The molecule has 106 valence electrons. The fourth-order valence-electron chi connectivity index (χ4n) is 2.72. The number of imidazole rings is 1. The second-order valence-corrected chi connectivity index (χ2v) is 5.37. The third kappa shape index (κ3) is 2.99. The Labute approximate surface area is 118 Å². The van der Waals surface area contributed by atoms with Gasteiger partial charge in [0.25, 0.3) is 5.91 Å². The van der Waals surface area contributed by atoms with E-state index in [1.54, 1.807) is 6.20 Å². The molecule has 1 amide bonds. The Morgan fingerprint density at radius 1 is 1.50 bits per heavy atom. The average Bonchev–Trinajstić information content (AvgIpc) is 2.95. The number of carbonyl (C=O) groups excluding carboxylic acids is 1. The van der Waals surface area contributed by atoms with Crippen molar-refractivity contribution in [3.05, 3.63) is 36.3 Å². The Morgan fingerprint density at radius 3 is 3.30 bits per heavy atom. The molecule has 0 saturated carbocycles. The van der Waals surface area contributed by atoms with E-state index in [2.05, 4.69) is 15.6 Å². The molecule has 5 heteroatoms. The first kappa shape index (κ1) is 13.1. The second-order valence-electron chi connectivity index (χ2n) is 5.37. The number of aromatic nitrogens is 2. The van der Waals surface area contributed by atoms with Gasteiger partial charge in [0.15, 0.2) is 0 Å². The minimum Gasteiger partial charge on any atom is -0.352 e. The SMILES string of the molecule is O=C(NCC[C@H]1CCCNC1)c1ccc2nccn2c1. The van der Waals surface area contributed by atoms with Crippen molar-refractivity contribution in [2.24, 2.45) is 5.92 Å². The molecule has 0 spiro atoms. The molecule has 1 saturated heterocycles. The number of piperidine rings is 1. The second kappa shape index (κ2) is 6.05. The summed E-state index contributed by atoms with van der Waals surface area (Å²) in [5, 5.41) is 6.40. The van der Waals surface area contributed by atoms with Gasteiger partial charge in [-0.3, -0.25) is 4.79 Å². The van der Waals surface area contributed by atoms with Crippen LogP contribution in [0.25, 0.3) is 5.65 Å². The highest BCUT2D eigenvalue weighted by Gasteiger charge is 2.13. The lowest BCUT2D eigenvalue weighted by Gasteiger charge is -2.22. The topological polar surface area (TPSA) is 58.4 Å². The molecule has 0 aromatic carbocycles. The maximum absolute atomic E-state index is 12.1. The molecule has 2 N–H and O–H groups in total. The summed E-state index contributed by atoms with van der Waals surface area (Å²) < 4.78 is 1.86. The lowest BCUT2D eigenvalue weighted by atomic mass is 9.96. The largest absolute Gasteiger partial charge is 0.352 e. The van der Waals surface area contributed by atoms with Crippen molar-refractivity contribution in [3.63, 3.8) is 0 Å². The molecule has 2 aromatic rings. The van der Waals surface area contributed by atoms with Crippen molar-refractivity contribution in [1.82, 2.24) is 20.0 Å². The Balaban J connectivity index is 1.53. The van der Waals surface area contributed by atoms with Gasteiger partial charge in [0, 0.05) is 25.1 Å². The van der Waals surface area contributed by atoms with Crippen LogP contribution >= 0.6 is 0 Å². The molecule has 20 heavy (non-hydrogen) atoms. The van der Waals surface area contributed by atoms with Crippen molar-refractivity contribution in [3.8, 4) is 0 Å². The average molecular weight is 272 g/mol. The summed E-state index contributed by atoms with van der Waals surface area (Å²) in [4.78, 5) is 16.3. The third-order valence-corrected chi connectivity index (χ3v) is 3.89. The Morgan fingerprint density at radius 2 is 2.45 bits per heavy atom. The van der Waals surface area contributed by atoms with E-state index in [4.69, 9.17) is 0 Å². The summed E-state index contributed by atoms with van der Waals surface area (Å²) in [6, 6.07) is 3.68. The summed E-state index contributed by atoms with van der Waals surface area (Å²) >= 11 is 0. The zero-order valence-electron chi connectivity index (χ0n) is 11.5. The highest BCUT2D eigenvalue weighted by Crippen LogP contribution is 2.13. The standard InChI is InChI=1S/C15H20N4O/c20-15(18-7-5-12-2-1-6-16-10-12)13-3-4-14-17-8-9-19(14)11-13/h3-4,8-9,11-12,16H,1-2,5-7,10H2,(H,18,20)/t12-/m1/s1. The van der Waals surface area contributed by atoms with Crippen molar-refractivity contribution >= 4 is 11.6 Å². The molecule has 3 rings (SSSR count). The Kier molecular flexibility index (Phi) is 3.97. The van der Waals surface area contributed by atoms with Crippen LogP contribution in [0.2, 0.25) is 0 Å². The van der Waals surface area contributed by atoms with Crippen molar-refractivity contribution < 1.29 is 4.79 Å². The van der Waals surface area contributed by atoms with Gasteiger partial charge in [0.1, 0.15) is 5.65 Å². The van der Waals surface area contributed by atoms with Crippen LogP contribution in [0.15, 0.2) is 30.7 Å². The molecule has 2 aromatic heterocycles. The van der Waals surface area contributed by atoms with E-state index in [1.165, 1.54) is 12.8 Å². The third-order valence-electron chi connectivity index (χ3n) is 3.89. The van der Waals surface area contributed by atoms with Crippen molar-refractivity contribution in [1.29, 1.82) is 0 Å². The zero-order chi connectivity index (χ0) is 13.8. The molecule has 0 radical (unpaired) electrons. The van der Waals surface area contributed by atoms with Gasteiger partial charge >= 0.3 is 0 Å². The summed E-state index contributed by atoms with van der Waals surface area (Å²) in [6.45, 7) is 2.96. The number of nitrogens with one attached hydrogen (secondary N) is 2. The molecule has 1 atom stereocenters. The van der Waals surface area contributed by atoms with Gasteiger partial charge in [0.05, 0.1) is 5.56 Å². The van der Waals surface area contributed by atoms with E-state index in [9.17, 15) is 4.79 Å². The van der Waals surface area contributed by atoms with Gasteiger partial charge in [-0.25, -0.2) is 4.98 Å². The monoisotopic (exact) mass is 272 g/mol. The van der Waals surface area contributed by atoms with Crippen LogP contribution in [0.3, 0.4) is 0 Å². The highest BCUT2D eigenvalue weighted by atomic mass is 16.1. The molecular weight excluding hydrogens is 252 g/mol. The van der Waals surface area contributed by atoms with Crippen LogP contribution in [0.4, 0.5) is 0 Å². The lowest BCUT2D eigenvalue weighted by molar-refractivity contribution is 0.0950. The van der Waals surface area contributed by atoms with E-state index in [-0.39, 0.29) is 5.91 Å². The van der Waals surface area contributed by atoms with Gasteiger partial charge in [-0.2, -0.15) is 0 Å². The molecule has 0 bridgehead atoms. The number of amides is 1. The summed E-state index contributed by atoms with van der Waals surface area (Å²) in [6.07, 6.45) is 8.96. The van der Waals surface area contributed by atoms with Gasteiger partial charge < -0.3 is 15.0 Å². The van der Waals surface area contributed by atoms with E-state index >= 15 is 0 Å². The predicted octanol–water partition coefficient (Wildman–Crippen LogP) is 1.45. The summed E-state index contributed by atoms with van der Waals surface area (Å²) in [5.41, 5.74) is 1.53. The van der Waals surface area contributed by atoms with Gasteiger partial charge in [-0.15, -0.1) is 0 Å². The smallest absolute Gasteiger partial charge is 0.252 e. The van der Waals surface area contributed by atoms with Crippen LogP contribution in [-0.4, -0.2) is 34.9 Å². The number of hydrogen-bond acceptors (Lipinski definition) is 3. The fourth-order valence-corrected chi connectivity index (χ4v) is 2.72. The summed E-state index contributed by atoms with van der Waals surface area (Å²) in [5.74, 6) is 0.685. The maximum Gasteiger partial charge on any atom is 0.252 e. The molecule has 0 aliphatic carbocycles. The minimum absolute atomic E-state index is 0.00984. The quantitative estimate of drug-likeness (QED) is 0.886. The first-order valence-electron chi connectivity index (χ1n) is 7.24. The normalized spacial score (nSPS) is 19.1. The van der Waals surface area contributed by atoms with E-state index in [0.717, 1.165) is 31.7 Å². The zero-order valence-corrected chi connectivity index (χ0v) is 11.5. The van der Waals surface area contributed by atoms with Gasteiger partial charge in [-0.05, 0) is 50.4 Å². The van der Waals surface area contributed by atoms with Crippen LogP contribution in [0.1, 0.15) is 29.6 Å². The van der Waals surface area contributed by atoms with E-state index in [0.29, 0.717) is 11.5 Å². The number of fused-ring (bicyclic) bond motifs is 1. The van der Waals surface area contributed by atoms with Crippen LogP contribution in [0, 0.1) is 5.92 Å². The first-order valence-corrected chi connectivity index (χ1v) is 7.24. The van der Waals surface area contributed by atoms with Gasteiger partial charge in [-0.1, -0.05) is 0 Å². The first-order chi connectivity index (χ1) is 9.83.